The van der Waals surface area contributed by atoms with Gasteiger partial charge in [0.1, 0.15) is 11.5 Å². The van der Waals surface area contributed by atoms with Gasteiger partial charge in [-0.05, 0) is 24.6 Å². The predicted octanol–water partition coefficient (Wildman–Crippen LogP) is 3.19. The van der Waals surface area contributed by atoms with Crippen LogP contribution in [0.1, 0.15) is 24.0 Å². The number of hydrogen-bond acceptors (Lipinski definition) is 5. The molecular weight excluding hydrogens is 358 g/mol. The molecule has 6 nitrogen and oxygen atoms in total. The average molecular weight is 377 g/mol. The summed E-state index contributed by atoms with van der Waals surface area (Å²) in [7, 11) is 0. The molecule has 0 atom stereocenters. The maximum Gasteiger partial charge on any atom is 0.258 e. The van der Waals surface area contributed by atoms with Gasteiger partial charge in [0.25, 0.3) is 5.56 Å². The van der Waals surface area contributed by atoms with Crippen molar-refractivity contribution in [3.05, 3.63) is 88.2 Å². The van der Waals surface area contributed by atoms with Crippen molar-refractivity contribution < 1.29 is 0 Å². The highest BCUT2D eigenvalue weighted by atomic mass is 32.2. The summed E-state index contributed by atoms with van der Waals surface area (Å²) < 4.78 is 3.66. The molecule has 3 heterocycles. The van der Waals surface area contributed by atoms with E-state index in [1.165, 1.54) is 5.56 Å². The Balaban J connectivity index is 1.54. The number of thioether (sulfide) groups is 1. The number of nitrogens with zero attached hydrogens (tertiary/aromatic N) is 5. The zero-order valence-corrected chi connectivity index (χ0v) is 15.8. The van der Waals surface area contributed by atoms with E-state index in [-0.39, 0.29) is 5.56 Å². The van der Waals surface area contributed by atoms with Crippen LogP contribution in [-0.4, -0.2) is 24.1 Å². The number of fused-ring (bicyclic) bond motifs is 1. The largest absolute Gasteiger partial charge is 0.306 e. The van der Waals surface area contributed by atoms with Crippen LogP contribution < -0.4 is 5.56 Å². The highest BCUT2D eigenvalue weighted by Gasteiger charge is 2.13. The topological polar surface area (TPSA) is 65.1 Å². The van der Waals surface area contributed by atoms with Gasteiger partial charge in [-0.25, -0.2) is 4.98 Å². The molecule has 0 radical (unpaired) electrons. The summed E-state index contributed by atoms with van der Waals surface area (Å²) in [5.41, 5.74) is 2.53. The molecule has 136 valence electrons. The SMILES string of the molecule is CCn1c(Cc2ccccc2)nnc1SCc1cc(=O)n2ccccc2n1. The van der Waals surface area contributed by atoms with Crippen LogP contribution in [0.15, 0.2) is 70.7 Å². The summed E-state index contributed by atoms with van der Waals surface area (Å²) in [6, 6.07) is 17.4. The highest BCUT2D eigenvalue weighted by Crippen LogP contribution is 2.22. The fourth-order valence-electron chi connectivity index (χ4n) is 2.97. The average Bonchev–Trinajstić information content (AvgIpc) is 3.08. The van der Waals surface area contributed by atoms with Crippen LogP contribution in [0.5, 0.6) is 0 Å². The molecule has 0 aliphatic carbocycles. The maximum absolute atomic E-state index is 12.2. The van der Waals surface area contributed by atoms with Gasteiger partial charge in [-0.15, -0.1) is 10.2 Å². The molecule has 3 aromatic heterocycles. The lowest BCUT2D eigenvalue weighted by atomic mass is 10.1. The minimum absolute atomic E-state index is 0.0714. The van der Waals surface area contributed by atoms with E-state index < -0.39 is 0 Å². The molecule has 0 aliphatic heterocycles. The van der Waals surface area contributed by atoms with Crippen LogP contribution >= 0.6 is 11.8 Å². The number of hydrogen-bond donors (Lipinski definition) is 0. The van der Waals surface area contributed by atoms with E-state index in [0.29, 0.717) is 11.4 Å². The molecule has 0 amide bonds. The zero-order valence-electron chi connectivity index (χ0n) is 14.9. The normalized spacial score (nSPS) is 11.1. The molecule has 0 unspecified atom stereocenters. The molecule has 0 aliphatic rings. The van der Waals surface area contributed by atoms with Gasteiger partial charge in [0.05, 0.1) is 5.69 Å². The van der Waals surface area contributed by atoms with E-state index in [1.54, 1.807) is 28.4 Å². The second kappa shape index (κ2) is 7.75. The van der Waals surface area contributed by atoms with Crippen molar-refractivity contribution in [3.8, 4) is 0 Å². The van der Waals surface area contributed by atoms with E-state index in [0.717, 1.165) is 29.6 Å². The molecule has 4 aromatic rings. The molecule has 0 N–H and O–H groups in total. The molecule has 1 aromatic carbocycles. The Bertz CT molecular complexity index is 1120. The van der Waals surface area contributed by atoms with E-state index in [9.17, 15) is 4.79 Å². The Labute approximate surface area is 160 Å². The molecule has 27 heavy (non-hydrogen) atoms. The van der Waals surface area contributed by atoms with E-state index in [1.807, 2.05) is 36.4 Å². The number of pyridine rings is 1. The van der Waals surface area contributed by atoms with E-state index in [2.05, 4.69) is 38.8 Å². The Kier molecular flexibility index (Phi) is 5.02. The lowest BCUT2D eigenvalue weighted by Gasteiger charge is -2.07. The van der Waals surface area contributed by atoms with Gasteiger partial charge in [-0.2, -0.15) is 0 Å². The van der Waals surface area contributed by atoms with E-state index >= 15 is 0 Å². The van der Waals surface area contributed by atoms with Crippen LogP contribution in [0, 0.1) is 0 Å². The second-order valence-corrected chi connectivity index (χ2v) is 7.05. The number of rotatable bonds is 6. The van der Waals surface area contributed by atoms with Crippen molar-refractivity contribution in [2.45, 2.75) is 30.8 Å². The second-order valence-electron chi connectivity index (χ2n) is 6.11. The van der Waals surface area contributed by atoms with Crippen molar-refractivity contribution in [1.29, 1.82) is 0 Å². The Morgan fingerprint density at radius 1 is 1.04 bits per heavy atom. The smallest absolute Gasteiger partial charge is 0.258 e. The van der Waals surface area contributed by atoms with Gasteiger partial charge in [0.15, 0.2) is 5.16 Å². The molecule has 0 fully saturated rings. The molecular formula is C20H19N5OS. The van der Waals surface area contributed by atoms with Crippen LogP contribution in [0.4, 0.5) is 0 Å². The van der Waals surface area contributed by atoms with Crippen LogP contribution in [0.3, 0.4) is 0 Å². The third kappa shape index (κ3) is 3.78. The monoisotopic (exact) mass is 377 g/mol. The van der Waals surface area contributed by atoms with E-state index in [4.69, 9.17) is 0 Å². The lowest BCUT2D eigenvalue weighted by Crippen LogP contribution is -2.14. The van der Waals surface area contributed by atoms with Crippen molar-refractivity contribution in [1.82, 2.24) is 24.1 Å². The molecule has 0 saturated carbocycles. The first kappa shape index (κ1) is 17.5. The summed E-state index contributed by atoms with van der Waals surface area (Å²) in [4.78, 5) is 16.8. The van der Waals surface area contributed by atoms with Gasteiger partial charge in [-0.3, -0.25) is 9.20 Å². The third-order valence-corrected chi connectivity index (χ3v) is 5.29. The fourth-order valence-corrected chi connectivity index (χ4v) is 3.88. The van der Waals surface area contributed by atoms with Gasteiger partial charge in [-0.1, -0.05) is 48.2 Å². The Hall–Kier alpha value is -2.93. The summed E-state index contributed by atoms with van der Waals surface area (Å²) in [6.07, 6.45) is 2.48. The van der Waals surface area contributed by atoms with Crippen LogP contribution in [0.25, 0.3) is 5.65 Å². The summed E-state index contributed by atoms with van der Waals surface area (Å²) in [5.74, 6) is 1.52. The number of aromatic nitrogens is 5. The van der Waals surface area contributed by atoms with Crippen LogP contribution in [0.2, 0.25) is 0 Å². The van der Waals surface area contributed by atoms with Crippen molar-refractivity contribution >= 4 is 17.4 Å². The highest BCUT2D eigenvalue weighted by molar-refractivity contribution is 7.98. The maximum atomic E-state index is 12.2. The third-order valence-electron chi connectivity index (χ3n) is 4.29. The minimum Gasteiger partial charge on any atom is -0.306 e. The summed E-state index contributed by atoms with van der Waals surface area (Å²) in [6.45, 7) is 2.88. The van der Waals surface area contributed by atoms with Gasteiger partial charge in [0, 0.05) is 31.0 Å². The summed E-state index contributed by atoms with van der Waals surface area (Å²) >= 11 is 1.55. The molecule has 0 saturated heterocycles. The Morgan fingerprint density at radius 2 is 1.85 bits per heavy atom. The summed E-state index contributed by atoms with van der Waals surface area (Å²) in [5, 5.41) is 9.56. The lowest BCUT2D eigenvalue weighted by molar-refractivity contribution is 0.651. The van der Waals surface area contributed by atoms with Crippen molar-refractivity contribution in [3.63, 3.8) is 0 Å². The van der Waals surface area contributed by atoms with Crippen LogP contribution in [-0.2, 0) is 18.7 Å². The standard InChI is InChI=1S/C20H19N5OS/c1-2-24-18(12-15-8-4-3-5-9-15)22-23-20(24)27-14-16-13-19(26)25-11-7-6-10-17(25)21-16/h3-11,13H,2,12,14H2,1H3. The molecule has 0 bridgehead atoms. The Morgan fingerprint density at radius 3 is 2.67 bits per heavy atom. The number of benzene rings is 1. The molecule has 0 spiro atoms. The minimum atomic E-state index is -0.0714. The molecule has 4 rings (SSSR count). The quantitative estimate of drug-likeness (QED) is 0.483. The van der Waals surface area contributed by atoms with Gasteiger partial charge in [0.2, 0.25) is 0 Å². The van der Waals surface area contributed by atoms with Crippen molar-refractivity contribution in [2.24, 2.45) is 0 Å². The zero-order chi connectivity index (χ0) is 18.6. The van der Waals surface area contributed by atoms with Gasteiger partial charge < -0.3 is 4.57 Å². The first-order valence-corrected chi connectivity index (χ1v) is 9.79. The van der Waals surface area contributed by atoms with Gasteiger partial charge >= 0.3 is 0 Å². The predicted molar refractivity (Wildman–Crippen MR) is 106 cm³/mol. The van der Waals surface area contributed by atoms with Crippen molar-refractivity contribution in [2.75, 3.05) is 0 Å². The fraction of sp³-hybridized carbons (Fsp3) is 0.200. The first-order valence-electron chi connectivity index (χ1n) is 8.80. The molecule has 7 heteroatoms. The first-order chi connectivity index (χ1) is 13.2.